The van der Waals surface area contributed by atoms with Gasteiger partial charge in [-0.25, -0.2) is 9.78 Å². The fourth-order valence-electron chi connectivity index (χ4n) is 4.76. The monoisotopic (exact) mass is 373 g/mol. The van der Waals surface area contributed by atoms with E-state index in [4.69, 9.17) is 10.5 Å². The molecule has 7 heteroatoms. The van der Waals surface area contributed by atoms with Crippen LogP contribution in [0.3, 0.4) is 0 Å². The van der Waals surface area contributed by atoms with Crippen LogP contribution in [0.2, 0.25) is 0 Å². The molecule has 0 radical (unpaired) electrons. The normalized spacial score (nSPS) is 25.1. The SMILES string of the molecule is CC(C)(C)OC(=O)N1CCC[C@@H]2CN(c3nc(N)nc4c3CCCC4)C[C@@H]21. The number of piperidine rings is 1. The van der Waals surface area contributed by atoms with Gasteiger partial charge in [0, 0.05) is 25.2 Å². The van der Waals surface area contributed by atoms with Gasteiger partial charge in [-0.1, -0.05) is 0 Å². The van der Waals surface area contributed by atoms with Crippen LogP contribution in [0.4, 0.5) is 16.6 Å². The molecule has 1 amide bonds. The zero-order valence-electron chi connectivity index (χ0n) is 16.7. The first-order valence-electron chi connectivity index (χ1n) is 10.2. The number of aryl methyl sites for hydroxylation is 1. The van der Waals surface area contributed by atoms with Crippen LogP contribution in [0.1, 0.15) is 57.7 Å². The van der Waals surface area contributed by atoms with E-state index in [1.54, 1.807) is 0 Å². The predicted octanol–water partition coefficient (Wildman–Crippen LogP) is 2.77. The summed E-state index contributed by atoms with van der Waals surface area (Å²) in [5.74, 6) is 1.82. The molecular formula is C20H31N5O2. The summed E-state index contributed by atoms with van der Waals surface area (Å²) in [6, 6.07) is 0.184. The number of nitrogens with zero attached hydrogens (tertiary/aromatic N) is 4. The minimum Gasteiger partial charge on any atom is -0.444 e. The topological polar surface area (TPSA) is 84.6 Å². The third-order valence-corrected chi connectivity index (χ3v) is 5.89. The van der Waals surface area contributed by atoms with Crippen molar-refractivity contribution in [3.05, 3.63) is 11.3 Å². The molecule has 7 nitrogen and oxygen atoms in total. The van der Waals surface area contributed by atoms with E-state index in [0.29, 0.717) is 11.9 Å². The molecule has 0 aromatic carbocycles. The van der Waals surface area contributed by atoms with Crippen molar-refractivity contribution >= 4 is 17.9 Å². The maximum Gasteiger partial charge on any atom is 0.410 e. The number of carbonyl (C=O) groups excluding carboxylic acids is 1. The van der Waals surface area contributed by atoms with Gasteiger partial charge < -0.3 is 20.3 Å². The molecule has 2 saturated heterocycles. The van der Waals surface area contributed by atoms with E-state index in [2.05, 4.69) is 14.9 Å². The Labute approximate surface area is 161 Å². The Morgan fingerprint density at radius 2 is 1.93 bits per heavy atom. The van der Waals surface area contributed by atoms with Gasteiger partial charge in [0.1, 0.15) is 11.4 Å². The Morgan fingerprint density at radius 1 is 1.15 bits per heavy atom. The standard InChI is InChI=1S/C20H31N5O2/c1-20(2,3)27-19(26)25-10-6-7-13-11-24(12-16(13)25)17-14-8-4-5-9-15(14)22-18(21)23-17/h13,16H,4-12H2,1-3H3,(H2,21,22,23)/t13-,16+/m1/s1. The number of hydrogen-bond donors (Lipinski definition) is 1. The molecule has 2 atom stereocenters. The summed E-state index contributed by atoms with van der Waals surface area (Å²) in [7, 11) is 0. The van der Waals surface area contributed by atoms with Crippen LogP contribution < -0.4 is 10.6 Å². The summed E-state index contributed by atoms with van der Waals surface area (Å²) in [5, 5.41) is 0. The summed E-state index contributed by atoms with van der Waals surface area (Å²) in [6.45, 7) is 8.25. The second kappa shape index (κ2) is 6.84. The Balaban J connectivity index is 1.57. The molecule has 1 aromatic rings. The first-order valence-corrected chi connectivity index (χ1v) is 10.2. The van der Waals surface area contributed by atoms with Gasteiger partial charge in [0.15, 0.2) is 0 Å². The van der Waals surface area contributed by atoms with Crippen molar-refractivity contribution in [2.75, 3.05) is 30.3 Å². The summed E-state index contributed by atoms with van der Waals surface area (Å²) in [6.07, 6.45) is 6.33. The Bertz CT molecular complexity index is 730. The maximum atomic E-state index is 12.7. The van der Waals surface area contributed by atoms with E-state index >= 15 is 0 Å². The second-order valence-corrected chi connectivity index (χ2v) is 9.09. The molecule has 1 aliphatic carbocycles. The number of nitrogens with two attached hydrogens (primary N) is 1. The van der Waals surface area contributed by atoms with E-state index in [9.17, 15) is 4.79 Å². The number of likely N-dealkylation sites (tertiary alicyclic amines) is 1. The Kier molecular flexibility index (Phi) is 4.64. The van der Waals surface area contributed by atoms with Gasteiger partial charge in [0.2, 0.25) is 5.95 Å². The number of anilines is 2. The molecule has 3 aliphatic rings. The molecule has 0 spiro atoms. The van der Waals surface area contributed by atoms with Crippen LogP contribution in [0.25, 0.3) is 0 Å². The van der Waals surface area contributed by atoms with Crippen LogP contribution in [0.15, 0.2) is 0 Å². The summed E-state index contributed by atoms with van der Waals surface area (Å²) >= 11 is 0. The Hall–Kier alpha value is -2.05. The smallest absolute Gasteiger partial charge is 0.410 e. The van der Waals surface area contributed by atoms with Crippen molar-refractivity contribution in [2.24, 2.45) is 5.92 Å². The molecule has 27 heavy (non-hydrogen) atoms. The van der Waals surface area contributed by atoms with Gasteiger partial charge >= 0.3 is 6.09 Å². The van der Waals surface area contributed by atoms with Crippen LogP contribution >= 0.6 is 0 Å². The molecule has 2 N–H and O–H groups in total. The molecule has 0 saturated carbocycles. The number of aromatic nitrogens is 2. The largest absolute Gasteiger partial charge is 0.444 e. The fraction of sp³-hybridized carbons (Fsp3) is 0.750. The highest BCUT2D eigenvalue weighted by molar-refractivity contribution is 5.69. The average Bonchev–Trinajstić information content (AvgIpc) is 3.03. The van der Waals surface area contributed by atoms with Crippen molar-refractivity contribution in [1.29, 1.82) is 0 Å². The number of rotatable bonds is 1. The number of fused-ring (bicyclic) bond motifs is 2. The first kappa shape index (κ1) is 18.3. The van der Waals surface area contributed by atoms with Crippen LogP contribution in [0, 0.1) is 5.92 Å². The van der Waals surface area contributed by atoms with Crippen molar-refractivity contribution in [1.82, 2.24) is 14.9 Å². The third kappa shape index (κ3) is 3.69. The van der Waals surface area contributed by atoms with E-state index in [-0.39, 0.29) is 12.1 Å². The molecule has 1 aromatic heterocycles. The number of amides is 1. The highest BCUT2D eigenvalue weighted by Crippen LogP contribution is 2.36. The molecule has 0 bridgehead atoms. The molecule has 4 rings (SSSR count). The minimum atomic E-state index is -0.470. The van der Waals surface area contributed by atoms with Crippen LogP contribution in [-0.2, 0) is 17.6 Å². The van der Waals surface area contributed by atoms with Crippen LogP contribution in [-0.4, -0.2) is 52.2 Å². The second-order valence-electron chi connectivity index (χ2n) is 9.09. The zero-order chi connectivity index (χ0) is 19.2. The van der Waals surface area contributed by atoms with Crippen molar-refractivity contribution < 1.29 is 9.53 Å². The quantitative estimate of drug-likeness (QED) is 0.815. The average molecular weight is 374 g/mol. The highest BCUT2D eigenvalue weighted by atomic mass is 16.6. The Morgan fingerprint density at radius 3 is 2.70 bits per heavy atom. The lowest BCUT2D eigenvalue weighted by atomic mass is 9.92. The minimum absolute atomic E-state index is 0.184. The van der Waals surface area contributed by atoms with Gasteiger partial charge in [0.25, 0.3) is 0 Å². The molecule has 0 unspecified atom stereocenters. The van der Waals surface area contributed by atoms with Crippen molar-refractivity contribution in [3.8, 4) is 0 Å². The van der Waals surface area contributed by atoms with E-state index in [1.807, 2.05) is 25.7 Å². The van der Waals surface area contributed by atoms with Crippen LogP contribution in [0.5, 0.6) is 0 Å². The first-order chi connectivity index (χ1) is 12.8. The van der Waals surface area contributed by atoms with Gasteiger partial charge in [-0.15, -0.1) is 0 Å². The zero-order valence-corrected chi connectivity index (χ0v) is 16.7. The fourth-order valence-corrected chi connectivity index (χ4v) is 4.76. The van der Waals surface area contributed by atoms with E-state index in [0.717, 1.165) is 56.8 Å². The number of nitrogen functional groups attached to an aromatic ring is 1. The lowest BCUT2D eigenvalue weighted by Gasteiger charge is -2.37. The molecular weight excluding hydrogens is 342 g/mol. The number of ether oxygens (including phenoxy) is 1. The number of carbonyl (C=O) groups is 1. The van der Waals surface area contributed by atoms with Crippen molar-refractivity contribution in [2.45, 2.75) is 70.9 Å². The predicted molar refractivity (Wildman–Crippen MR) is 105 cm³/mol. The molecule has 148 valence electrons. The number of hydrogen-bond acceptors (Lipinski definition) is 6. The van der Waals surface area contributed by atoms with Gasteiger partial charge in [-0.3, -0.25) is 0 Å². The molecule has 2 fully saturated rings. The highest BCUT2D eigenvalue weighted by Gasteiger charge is 2.43. The van der Waals surface area contributed by atoms with Gasteiger partial charge in [0.05, 0.1) is 11.7 Å². The lowest BCUT2D eigenvalue weighted by molar-refractivity contribution is 0.00669. The summed E-state index contributed by atoms with van der Waals surface area (Å²) in [5.41, 5.74) is 7.91. The maximum absolute atomic E-state index is 12.7. The van der Waals surface area contributed by atoms with Gasteiger partial charge in [-0.05, 0) is 65.2 Å². The van der Waals surface area contributed by atoms with E-state index in [1.165, 1.54) is 18.4 Å². The molecule has 2 aliphatic heterocycles. The third-order valence-electron chi connectivity index (χ3n) is 5.89. The summed E-state index contributed by atoms with van der Waals surface area (Å²) in [4.78, 5) is 26.1. The molecule has 3 heterocycles. The van der Waals surface area contributed by atoms with E-state index < -0.39 is 5.60 Å². The lowest BCUT2D eigenvalue weighted by Crippen LogP contribution is -2.50. The summed E-state index contributed by atoms with van der Waals surface area (Å²) < 4.78 is 5.66. The van der Waals surface area contributed by atoms with Gasteiger partial charge in [-0.2, -0.15) is 4.98 Å². The van der Waals surface area contributed by atoms with Crippen molar-refractivity contribution in [3.63, 3.8) is 0 Å².